The molecular formula is C25H29N3O5S. The van der Waals surface area contributed by atoms with Gasteiger partial charge in [0, 0.05) is 31.8 Å². The Morgan fingerprint density at radius 3 is 2.41 bits per heavy atom. The number of sulfonamides is 1. The topological polar surface area (TPSA) is 107 Å². The van der Waals surface area contributed by atoms with Crippen molar-refractivity contribution in [2.75, 3.05) is 13.2 Å². The molecular weight excluding hydrogens is 454 g/mol. The van der Waals surface area contributed by atoms with E-state index < -0.39 is 10.0 Å². The predicted molar refractivity (Wildman–Crippen MR) is 129 cm³/mol. The Bertz CT molecular complexity index is 1230. The number of nitrogens with one attached hydrogen (secondary N) is 2. The number of carbonyl (C=O) groups is 1. The number of hydrogen-bond acceptors (Lipinski definition) is 6. The van der Waals surface area contributed by atoms with Crippen LogP contribution >= 0.6 is 0 Å². The lowest BCUT2D eigenvalue weighted by Gasteiger charge is -2.10. The van der Waals surface area contributed by atoms with Crippen LogP contribution in [0.2, 0.25) is 0 Å². The fourth-order valence-corrected chi connectivity index (χ4v) is 4.18. The van der Waals surface area contributed by atoms with E-state index in [1.54, 1.807) is 48.7 Å². The average molecular weight is 484 g/mol. The fraction of sp³-hybridized carbons (Fsp3) is 0.280. The van der Waals surface area contributed by atoms with Gasteiger partial charge in [-0.05, 0) is 79.9 Å². The zero-order valence-electron chi connectivity index (χ0n) is 19.5. The number of hydrogen-bond donors (Lipinski definition) is 2. The summed E-state index contributed by atoms with van der Waals surface area (Å²) in [5.41, 5.74) is 2.71. The summed E-state index contributed by atoms with van der Waals surface area (Å²) in [5, 5.41) is 2.78. The first-order chi connectivity index (χ1) is 16.3. The minimum absolute atomic E-state index is 0.00351. The van der Waals surface area contributed by atoms with Gasteiger partial charge in [-0.3, -0.25) is 4.79 Å². The van der Waals surface area contributed by atoms with E-state index in [0.717, 1.165) is 22.4 Å². The molecule has 3 aromatic rings. The van der Waals surface area contributed by atoms with E-state index in [2.05, 4.69) is 15.0 Å². The van der Waals surface area contributed by atoms with Gasteiger partial charge in [0.2, 0.25) is 21.8 Å². The van der Waals surface area contributed by atoms with Crippen LogP contribution in [0.5, 0.6) is 17.4 Å². The molecule has 0 saturated heterocycles. The highest BCUT2D eigenvalue weighted by molar-refractivity contribution is 7.89. The van der Waals surface area contributed by atoms with Crippen LogP contribution in [0.15, 0.2) is 65.7 Å². The molecule has 1 amide bonds. The number of ether oxygens (including phenoxy) is 2. The van der Waals surface area contributed by atoms with Crippen LogP contribution in [0.3, 0.4) is 0 Å². The maximum Gasteiger partial charge on any atom is 0.240 e. The monoisotopic (exact) mass is 483 g/mol. The van der Waals surface area contributed by atoms with Crippen molar-refractivity contribution in [2.24, 2.45) is 0 Å². The Labute approximate surface area is 200 Å². The van der Waals surface area contributed by atoms with E-state index in [9.17, 15) is 13.2 Å². The number of nitrogens with zero attached hydrogens (tertiary/aromatic N) is 1. The van der Waals surface area contributed by atoms with Gasteiger partial charge in [-0.1, -0.05) is 6.07 Å². The van der Waals surface area contributed by atoms with Gasteiger partial charge in [0.25, 0.3) is 0 Å². The van der Waals surface area contributed by atoms with Crippen molar-refractivity contribution in [3.05, 3.63) is 77.5 Å². The highest BCUT2D eigenvalue weighted by Crippen LogP contribution is 2.23. The molecule has 0 bridgehead atoms. The number of amides is 1. The van der Waals surface area contributed by atoms with E-state index in [-0.39, 0.29) is 30.3 Å². The van der Waals surface area contributed by atoms with Crippen molar-refractivity contribution in [1.82, 2.24) is 15.0 Å². The first-order valence-corrected chi connectivity index (χ1v) is 12.4. The Kier molecular flexibility index (Phi) is 8.61. The lowest BCUT2D eigenvalue weighted by atomic mass is 10.1. The quantitative estimate of drug-likeness (QED) is 0.429. The van der Waals surface area contributed by atoms with Gasteiger partial charge in [-0.25, -0.2) is 18.1 Å². The van der Waals surface area contributed by atoms with Crippen LogP contribution in [-0.4, -0.2) is 32.5 Å². The second-order valence-corrected chi connectivity index (χ2v) is 9.45. The van der Waals surface area contributed by atoms with E-state index in [1.807, 2.05) is 32.9 Å². The first-order valence-electron chi connectivity index (χ1n) is 11.0. The van der Waals surface area contributed by atoms with Gasteiger partial charge < -0.3 is 14.8 Å². The molecule has 0 saturated carbocycles. The van der Waals surface area contributed by atoms with E-state index >= 15 is 0 Å². The number of aryl methyl sites for hydroxylation is 2. The Morgan fingerprint density at radius 2 is 1.71 bits per heavy atom. The molecule has 1 heterocycles. The van der Waals surface area contributed by atoms with E-state index in [0.29, 0.717) is 18.2 Å². The van der Waals surface area contributed by atoms with Crippen LogP contribution in [0.4, 0.5) is 0 Å². The van der Waals surface area contributed by atoms with Crippen molar-refractivity contribution < 1.29 is 22.7 Å². The van der Waals surface area contributed by atoms with Gasteiger partial charge in [-0.15, -0.1) is 0 Å². The summed E-state index contributed by atoms with van der Waals surface area (Å²) in [6, 6.07) is 15.7. The standard InChI is InChI=1S/C25H29N3O5S/c1-4-32-21-6-8-22(9-7-21)33-25-16-20(11-13-26-25)17-27-24(29)12-14-28-34(30,31)23-10-5-18(2)19(3)15-23/h5-11,13,15-16,28H,4,12,14,17H2,1-3H3,(H,27,29). The minimum atomic E-state index is -3.67. The molecule has 0 aliphatic carbocycles. The zero-order valence-corrected chi connectivity index (χ0v) is 20.3. The molecule has 2 aromatic carbocycles. The third-order valence-electron chi connectivity index (χ3n) is 5.08. The van der Waals surface area contributed by atoms with Gasteiger partial charge in [-0.2, -0.15) is 0 Å². The zero-order chi connectivity index (χ0) is 24.6. The molecule has 0 aliphatic heterocycles. The second-order valence-electron chi connectivity index (χ2n) is 7.68. The summed E-state index contributed by atoms with van der Waals surface area (Å²) >= 11 is 0. The van der Waals surface area contributed by atoms with Crippen LogP contribution in [-0.2, 0) is 21.4 Å². The highest BCUT2D eigenvalue weighted by Gasteiger charge is 2.15. The molecule has 0 aliphatic rings. The Balaban J connectivity index is 1.47. The minimum Gasteiger partial charge on any atom is -0.494 e. The molecule has 0 radical (unpaired) electrons. The molecule has 180 valence electrons. The third kappa shape index (κ3) is 7.29. The molecule has 3 rings (SSSR count). The van der Waals surface area contributed by atoms with Gasteiger partial charge in [0.15, 0.2) is 0 Å². The lowest BCUT2D eigenvalue weighted by Crippen LogP contribution is -2.30. The van der Waals surface area contributed by atoms with Crippen LogP contribution in [0.1, 0.15) is 30.0 Å². The largest absolute Gasteiger partial charge is 0.494 e. The van der Waals surface area contributed by atoms with Crippen LogP contribution < -0.4 is 19.5 Å². The summed E-state index contributed by atoms with van der Waals surface area (Å²) in [7, 11) is -3.67. The van der Waals surface area contributed by atoms with Crippen molar-refractivity contribution in [2.45, 2.75) is 38.6 Å². The highest BCUT2D eigenvalue weighted by atomic mass is 32.2. The van der Waals surface area contributed by atoms with Crippen LogP contribution in [0, 0.1) is 13.8 Å². The number of rotatable bonds is 11. The molecule has 2 N–H and O–H groups in total. The molecule has 0 atom stereocenters. The summed E-state index contributed by atoms with van der Waals surface area (Å²) < 4.78 is 38.5. The molecule has 0 unspecified atom stereocenters. The normalized spacial score (nSPS) is 11.1. The van der Waals surface area contributed by atoms with Crippen molar-refractivity contribution in [3.8, 4) is 17.4 Å². The lowest BCUT2D eigenvalue weighted by molar-refractivity contribution is -0.121. The van der Waals surface area contributed by atoms with Crippen LogP contribution in [0.25, 0.3) is 0 Å². The predicted octanol–water partition coefficient (Wildman–Crippen LogP) is 3.87. The maximum absolute atomic E-state index is 12.4. The van der Waals surface area contributed by atoms with Crippen molar-refractivity contribution >= 4 is 15.9 Å². The smallest absolute Gasteiger partial charge is 0.240 e. The molecule has 0 fully saturated rings. The summed E-state index contributed by atoms with van der Waals surface area (Å²) in [4.78, 5) is 16.6. The van der Waals surface area contributed by atoms with Gasteiger partial charge >= 0.3 is 0 Å². The molecule has 0 spiro atoms. The number of carbonyl (C=O) groups excluding carboxylic acids is 1. The number of benzene rings is 2. The van der Waals surface area contributed by atoms with E-state index in [4.69, 9.17) is 9.47 Å². The number of aromatic nitrogens is 1. The SMILES string of the molecule is CCOc1ccc(Oc2cc(CNC(=O)CCNS(=O)(=O)c3ccc(C)c(C)c3)ccn2)cc1. The maximum atomic E-state index is 12.4. The third-order valence-corrected chi connectivity index (χ3v) is 6.54. The number of pyridine rings is 1. The average Bonchev–Trinajstić information content (AvgIpc) is 2.81. The van der Waals surface area contributed by atoms with E-state index in [1.165, 1.54) is 0 Å². The summed E-state index contributed by atoms with van der Waals surface area (Å²) in [6.07, 6.45) is 1.62. The molecule has 9 heteroatoms. The molecule has 1 aromatic heterocycles. The first kappa shape index (κ1) is 25.2. The Hall–Kier alpha value is -3.43. The van der Waals surface area contributed by atoms with Crippen molar-refractivity contribution in [1.29, 1.82) is 0 Å². The van der Waals surface area contributed by atoms with Gasteiger partial charge in [0.1, 0.15) is 11.5 Å². The summed E-state index contributed by atoms with van der Waals surface area (Å²) in [6.45, 7) is 6.56. The second kappa shape index (κ2) is 11.6. The van der Waals surface area contributed by atoms with Crippen molar-refractivity contribution in [3.63, 3.8) is 0 Å². The fourth-order valence-electron chi connectivity index (χ4n) is 3.06. The van der Waals surface area contributed by atoms with Gasteiger partial charge in [0.05, 0.1) is 11.5 Å². The molecule has 34 heavy (non-hydrogen) atoms. The Morgan fingerprint density at radius 1 is 0.971 bits per heavy atom. The summed E-state index contributed by atoms with van der Waals surface area (Å²) in [5.74, 6) is 1.51. The molecule has 8 nitrogen and oxygen atoms in total.